The van der Waals surface area contributed by atoms with Crippen molar-refractivity contribution in [2.75, 3.05) is 7.11 Å². The minimum Gasteiger partial charge on any atom is -0.497 e. The fourth-order valence-electron chi connectivity index (χ4n) is 0.821. The zero-order chi connectivity index (χ0) is 12.3. The second-order valence-corrected chi connectivity index (χ2v) is 2.88. The van der Waals surface area contributed by atoms with E-state index in [0.29, 0.717) is 5.75 Å². The van der Waals surface area contributed by atoms with Crippen molar-refractivity contribution in [1.82, 2.24) is 0 Å². The summed E-state index contributed by atoms with van der Waals surface area (Å²) in [6, 6.07) is 4.60. The molecule has 1 aromatic carbocycles. The third-order valence-corrected chi connectivity index (χ3v) is 1.25. The highest BCUT2D eigenvalue weighted by Gasteiger charge is 1.95. The number of ether oxygens (including phenoxy) is 1. The molecule has 0 amide bonds. The lowest BCUT2D eigenvalue weighted by Crippen LogP contribution is -1.85. The molecule has 0 aliphatic carbocycles. The molecular weight excluding hydrogens is 191 g/mol. The molecule has 1 aromatic rings. The molecule has 0 aliphatic heterocycles. The SMILES string of the molecule is CC.CCC.COc1cc(C)cc(F)c1. The van der Waals surface area contributed by atoms with Gasteiger partial charge >= 0.3 is 0 Å². The third kappa shape index (κ3) is 9.26. The smallest absolute Gasteiger partial charge is 0.127 e. The molecule has 1 nitrogen and oxygen atoms in total. The second kappa shape index (κ2) is 11.0. The van der Waals surface area contributed by atoms with E-state index in [0.717, 1.165) is 5.56 Å². The van der Waals surface area contributed by atoms with Crippen LogP contribution in [-0.4, -0.2) is 7.11 Å². The average Bonchev–Trinajstić information content (AvgIpc) is 2.20. The lowest BCUT2D eigenvalue weighted by molar-refractivity contribution is 0.411. The van der Waals surface area contributed by atoms with E-state index < -0.39 is 0 Å². The predicted molar refractivity (Wildman–Crippen MR) is 65.0 cm³/mol. The highest BCUT2D eigenvalue weighted by Crippen LogP contribution is 2.14. The van der Waals surface area contributed by atoms with E-state index >= 15 is 0 Å². The Morgan fingerprint density at radius 3 is 1.93 bits per heavy atom. The first kappa shape index (κ1) is 16.4. The summed E-state index contributed by atoms with van der Waals surface area (Å²) in [7, 11) is 1.52. The first-order valence-electron chi connectivity index (χ1n) is 5.45. The minimum atomic E-state index is -0.253. The maximum atomic E-state index is 12.5. The van der Waals surface area contributed by atoms with E-state index in [1.165, 1.54) is 25.7 Å². The Kier molecular flexibility index (Phi) is 12.0. The van der Waals surface area contributed by atoms with Crippen LogP contribution in [-0.2, 0) is 0 Å². The summed E-state index contributed by atoms with van der Waals surface area (Å²) in [4.78, 5) is 0. The van der Waals surface area contributed by atoms with Gasteiger partial charge in [-0.05, 0) is 24.6 Å². The second-order valence-electron chi connectivity index (χ2n) is 2.88. The van der Waals surface area contributed by atoms with E-state index in [9.17, 15) is 4.39 Å². The van der Waals surface area contributed by atoms with Crippen LogP contribution in [0, 0.1) is 12.7 Å². The Bertz CT molecular complexity index is 226. The Labute approximate surface area is 93.3 Å². The van der Waals surface area contributed by atoms with Gasteiger partial charge in [-0.1, -0.05) is 34.1 Å². The predicted octanol–water partition coefficient (Wildman–Crippen LogP) is 4.59. The normalized spacial score (nSPS) is 7.93. The molecule has 15 heavy (non-hydrogen) atoms. The van der Waals surface area contributed by atoms with Gasteiger partial charge in [-0.25, -0.2) is 4.39 Å². The lowest BCUT2D eigenvalue weighted by atomic mass is 10.2. The van der Waals surface area contributed by atoms with Gasteiger partial charge < -0.3 is 4.74 Å². The van der Waals surface area contributed by atoms with Crippen molar-refractivity contribution in [3.63, 3.8) is 0 Å². The number of methoxy groups -OCH3 is 1. The van der Waals surface area contributed by atoms with Crippen molar-refractivity contribution in [2.24, 2.45) is 0 Å². The van der Waals surface area contributed by atoms with Crippen molar-refractivity contribution in [2.45, 2.75) is 41.0 Å². The third-order valence-electron chi connectivity index (χ3n) is 1.25. The van der Waals surface area contributed by atoms with E-state index in [-0.39, 0.29) is 5.82 Å². The van der Waals surface area contributed by atoms with Crippen LogP contribution in [0.15, 0.2) is 18.2 Å². The zero-order valence-electron chi connectivity index (χ0n) is 10.7. The summed E-state index contributed by atoms with van der Waals surface area (Å²) in [6.07, 6.45) is 1.25. The maximum Gasteiger partial charge on any atom is 0.127 e. The molecule has 0 N–H and O–H groups in total. The van der Waals surface area contributed by atoms with Crippen molar-refractivity contribution in [3.8, 4) is 5.75 Å². The average molecular weight is 214 g/mol. The Morgan fingerprint density at radius 2 is 1.60 bits per heavy atom. The Morgan fingerprint density at radius 1 is 1.13 bits per heavy atom. The molecule has 0 atom stereocenters. The molecule has 0 saturated carbocycles. The van der Waals surface area contributed by atoms with Crippen molar-refractivity contribution < 1.29 is 9.13 Å². The summed E-state index contributed by atoms with van der Waals surface area (Å²) in [6.45, 7) is 10.1. The van der Waals surface area contributed by atoms with Gasteiger partial charge in [-0.15, -0.1) is 0 Å². The van der Waals surface area contributed by atoms with Crippen LogP contribution in [0.1, 0.15) is 39.7 Å². The van der Waals surface area contributed by atoms with E-state index in [1.807, 2.05) is 20.8 Å². The fraction of sp³-hybridized carbons (Fsp3) is 0.538. The molecule has 2 heteroatoms. The molecule has 0 unspecified atom stereocenters. The highest BCUT2D eigenvalue weighted by atomic mass is 19.1. The van der Waals surface area contributed by atoms with Gasteiger partial charge in [0.05, 0.1) is 7.11 Å². The number of hydrogen-bond acceptors (Lipinski definition) is 1. The van der Waals surface area contributed by atoms with E-state index in [2.05, 4.69) is 13.8 Å². The van der Waals surface area contributed by atoms with Crippen LogP contribution in [0.25, 0.3) is 0 Å². The van der Waals surface area contributed by atoms with Crippen LogP contribution in [0.3, 0.4) is 0 Å². The number of benzene rings is 1. The van der Waals surface area contributed by atoms with Gasteiger partial charge in [0, 0.05) is 6.07 Å². The molecule has 1 rings (SSSR count). The van der Waals surface area contributed by atoms with E-state index in [4.69, 9.17) is 4.74 Å². The Balaban J connectivity index is 0. The molecule has 0 aliphatic rings. The monoisotopic (exact) mass is 214 g/mol. The lowest BCUT2D eigenvalue weighted by Gasteiger charge is -1.99. The number of rotatable bonds is 1. The maximum absolute atomic E-state index is 12.5. The first-order chi connectivity index (χ1) is 7.13. The standard InChI is InChI=1S/C8H9FO.C3H8.C2H6/c1-6-3-7(9)5-8(4-6)10-2;1-3-2;1-2/h3-5H,1-2H3;3H2,1-2H3;1-2H3. The first-order valence-corrected chi connectivity index (χ1v) is 5.45. The van der Waals surface area contributed by atoms with Crippen LogP contribution in [0.5, 0.6) is 5.75 Å². The van der Waals surface area contributed by atoms with Crippen LogP contribution < -0.4 is 4.74 Å². The molecule has 0 bridgehead atoms. The van der Waals surface area contributed by atoms with Crippen molar-refractivity contribution in [1.29, 1.82) is 0 Å². The summed E-state index contributed by atoms with van der Waals surface area (Å²) < 4.78 is 17.4. The quantitative estimate of drug-likeness (QED) is 0.664. The highest BCUT2D eigenvalue weighted by molar-refractivity contribution is 5.28. The molecule has 0 aromatic heterocycles. The molecular formula is C13H23FO. The summed E-state index contributed by atoms with van der Waals surface area (Å²) in [5, 5.41) is 0. The van der Waals surface area contributed by atoms with E-state index in [1.54, 1.807) is 6.07 Å². The van der Waals surface area contributed by atoms with Crippen molar-refractivity contribution in [3.05, 3.63) is 29.6 Å². The molecule has 0 heterocycles. The van der Waals surface area contributed by atoms with Gasteiger partial charge in [0.25, 0.3) is 0 Å². The Hall–Kier alpha value is -1.05. The molecule has 0 fully saturated rings. The topological polar surface area (TPSA) is 9.23 Å². The van der Waals surface area contributed by atoms with Gasteiger partial charge in [0.1, 0.15) is 11.6 Å². The fourth-order valence-corrected chi connectivity index (χ4v) is 0.821. The molecule has 0 radical (unpaired) electrons. The van der Waals surface area contributed by atoms with Gasteiger partial charge in [0.2, 0.25) is 0 Å². The summed E-state index contributed by atoms with van der Waals surface area (Å²) >= 11 is 0. The summed E-state index contributed by atoms with van der Waals surface area (Å²) in [5.74, 6) is 0.314. The summed E-state index contributed by atoms with van der Waals surface area (Å²) in [5.41, 5.74) is 0.872. The number of aryl methyl sites for hydroxylation is 1. The number of hydrogen-bond donors (Lipinski definition) is 0. The van der Waals surface area contributed by atoms with Gasteiger partial charge in [-0.2, -0.15) is 0 Å². The van der Waals surface area contributed by atoms with Crippen LogP contribution in [0.4, 0.5) is 4.39 Å². The number of halogens is 1. The van der Waals surface area contributed by atoms with Gasteiger partial charge in [0.15, 0.2) is 0 Å². The minimum absolute atomic E-state index is 0.253. The van der Waals surface area contributed by atoms with Gasteiger partial charge in [-0.3, -0.25) is 0 Å². The molecule has 88 valence electrons. The largest absolute Gasteiger partial charge is 0.497 e. The molecule has 0 saturated heterocycles. The van der Waals surface area contributed by atoms with Crippen molar-refractivity contribution >= 4 is 0 Å². The van der Waals surface area contributed by atoms with Crippen LogP contribution in [0.2, 0.25) is 0 Å². The zero-order valence-corrected chi connectivity index (χ0v) is 10.7. The van der Waals surface area contributed by atoms with Crippen LogP contribution >= 0.6 is 0 Å². The molecule has 0 spiro atoms.